The van der Waals surface area contributed by atoms with Crippen LogP contribution in [0, 0.1) is 0 Å². The molecule has 0 aliphatic heterocycles. The van der Waals surface area contributed by atoms with Gasteiger partial charge in [-0.1, -0.05) is 56.6 Å². The van der Waals surface area contributed by atoms with E-state index in [9.17, 15) is 4.79 Å². The van der Waals surface area contributed by atoms with Crippen LogP contribution in [0.15, 0.2) is 60.8 Å². The van der Waals surface area contributed by atoms with Gasteiger partial charge >= 0.3 is 0 Å². The summed E-state index contributed by atoms with van der Waals surface area (Å²) in [5.41, 5.74) is 3.47. The Bertz CT molecular complexity index is 948. The summed E-state index contributed by atoms with van der Waals surface area (Å²) in [6.07, 6.45) is 1.57. The van der Waals surface area contributed by atoms with Crippen LogP contribution in [-0.4, -0.2) is 15.9 Å². The Kier molecular flexibility index (Phi) is 5.95. The molecule has 1 heterocycles. The molecule has 5 nitrogen and oxygen atoms in total. The third kappa shape index (κ3) is 5.30. The van der Waals surface area contributed by atoms with E-state index >= 15 is 0 Å². The summed E-state index contributed by atoms with van der Waals surface area (Å²) in [5.74, 6) is 0.117. The third-order valence-electron chi connectivity index (χ3n) is 4.26. The number of carbonyl (C=O) groups is 1. The highest BCUT2D eigenvalue weighted by Gasteiger charge is 2.13. The van der Waals surface area contributed by atoms with Crippen molar-refractivity contribution >= 4 is 29.1 Å². The number of aromatic nitrogens is 2. The minimum atomic E-state index is -0.261. The average molecular weight is 395 g/mol. The van der Waals surface area contributed by atoms with Gasteiger partial charge in [0.25, 0.3) is 5.91 Å². The van der Waals surface area contributed by atoms with Crippen molar-refractivity contribution in [2.24, 2.45) is 0 Å². The van der Waals surface area contributed by atoms with Crippen LogP contribution in [0.4, 0.5) is 11.6 Å². The molecule has 0 atom stereocenters. The maximum Gasteiger partial charge on any atom is 0.270 e. The highest BCUT2D eigenvalue weighted by Crippen LogP contribution is 2.24. The van der Waals surface area contributed by atoms with E-state index in [1.165, 1.54) is 5.56 Å². The van der Waals surface area contributed by atoms with Crippen molar-refractivity contribution in [3.8, 4) is 0 Å². The number of halogens is 1. The van der Waals surface area contributed by atoms with E-state index in [2.05, 4.69) is 53.5 Å². The van der Waals surface area contributed by atoms with Crippen molar-refractivity contribution < 1.29 is 4.79 Å². The molecule has 28 heavy (non-hydrogen) atoms. The van der Waals surface area contributed by atoms with E-state index in [4.69, 9.17) is 11.6 Å². The molecule has 0 fully saturated rings. The Morgan fingerprint density at radius 1 is 1.00 bits per heavy atom. The summed E-state index contributed by atoms with van der Waals surface area (Å²) in [7, 11) is 0. The first-order valence-electron chi connectivity index (χ1n) is 9.04. The van der Waals surface area contributed by atoms with Crippen molar-refractivity contribution in [1.82, 2.24) is 15.3 Å². The van der Waals surface area contributed by atoms with Gasteiger partial charge < -0.3 is 10.6 Å². The molecule has 2 aromatic carbocycles. The fraction of sp³-hybridized carbons (Fsp3) is 0.227. The Labute approximate surface area is 170 Å². The van der Waals surface area contributed by atoms with Gasteiger partial charge in [0.15, 0.2) is 0 Å². The standard InChI is InChI=1S/C22H23ClN4O/c1-22(2,3)16-6-10-18(11-7-16)26-21-24-13-12-19(27-21)20(28)25-14-15-4-8-17(23)9-5-15/h4-13H,14H2,1-3H3,(H,25,28)(H,24,26,27). The molecule has 2 N–H and O–H groups in total. The predicted octanol–water partition coefficient (Wildman–Crippen LogP) is 5.10. The maximum atomic E-state index is 12.4. The lowest BCUT2D eigenvalue weighted by Gasteiger charge is -2.19. The molecule has 0 aliphatic rings. The van der Waals surface area contributed by atoms with Gasteiger partial charge in [0.05, 0.1) is 0 Å². The molecule has 0 radical (unpaired) electrons. The summed E-state index contributed by atoms with van der Waals surface area (Å²) in [6.45, 7) is 6.91. The van der Waals surface area contributed by atoms with Crippen molar-refractivity contribution in [1.29, 1.82) is 0 Å². The van der Waals surface area contributed by atoms with Crippen molar-refractivity contribution in [2.45, 2.75) is 32.7 Å². The molecular formula is C22H23ClN4O. The third-order valence-corrected chi connectivity index (χ3v) is 4.51. The molecule has 1 aromatic heterocycles. The number of nitrogens with zero attached hydrogens (tertiary/aromatic N) is 2. The number of hydrogen-bond donors (Lipinski definition) is 2. The zero-order chi connectivity index (χ0) is 20.1. The number of nitrogens with one attached hydrogen (secondary N) is 2. The number of anilines is 2. The number of hydrogen-bond acceptors (Lipinski definition) is 4. The minimum absolute atomic E-state index is 0.0944. The van der Waals surface area contributed by atoms with Crippen molar-refractivity contribution in [3.05, 3.63) is 82.6 Å². The Balaban J connectivity index is 1.64. The topological polar surface area (TPSA) is 66.9 Å². The minimum Gasteiger partial charge on any atom is -0.347 e. The first kappa shape index (κ1) is 19.8. The average Bonchev–Trinajstić information content (AvgIpc) is 2.67. The van der Waals surface area contributed by atoms with Gasteiger partial charge in [0, 0.05) is 23.5 Å². The molecule has 1 amide bonds. The summed E-state index contributed by atoms with van der Waals surface area (Å²) in [5, 5.41) is 6.65. The predicted molar refractivity (Wildman–Crippen MR) is 113 cm³/mol. The van der Waals surface area contributed by atoms with E-state index in [1.807, 2.05) is 24.3 Å². The molecule has 6 heteroatoms. The van der Waals surface area contributed by atoms with Gasteiger partial charge in [0.1, 0.15) is 5.69 Å². The number of carbonyl (C=O) groups excluding carboxylic acids is 1. The molecule has 0 unspecified atom stereocenters. The number of rotatable bonds is 5. The van der Waals surface area contributed by atoms with Crippen LogP contribution in [0.25, 0.3) is 0 Å². The molecule has 0 spiro atoms. The molecule has 0 saturated heterocycles. The second-order valence-electron chi connectivity index (χ2n) is 7.53. The summed E-state index contributed by atoms with van der Waals surface area (Å²) in [4.78, 5) is 20.9. The highest BCUT2D eigenvalue weighted by atomic mass is 35.5. The zero-order valence-electron chi connectivity index (χ0n) is 16.2. The molecular weight excluding hydrogens is 372 g/mol. The van der Waals surface area contributed by atoms with Crippen molar-refractivity contribution in [3.63, 3.8) is 0 Å². The fourth-order valence-corrected chi connectivity index (χ4v) is 2.73. The Morgan fingerprint density at radius 2 is 1.68 bits per heavy atom. The lowest BCUT2D eigenvalue weighted by molar-refractivity contribution is 0.0946. The second kappa shape index (κ2) is 8.40. The van der Waals surface area contributed by atoms with E-state index in [0.29, 0.717) is 23.2 Å². The smallest absolute Gasteiger partial charge is 0.270 e. The molecule has 3 aromatic rings. The largest absolute Gasteiger partial charge is 0.347 e. The van der Waals surface area contributed by atoms with Gasteiger partial charge in [-0.3, -0.25) is 4.79 Å². The normalized spacial score (nSPS) is 11.1. The molecule has 3 rings (SSSR count). The zero-order valence-corrected chi connectivity index (χ0v) is 16.9. The van der Waals surface area contributed by atoms with E-state index in [-0.39, 0.29) is 11.3 Å². The van der Waals surface area contributed by atoms with Crippen LogP contribution in [0.1, 0.15) is 42.4 Å². The quantitative estimate of drug-likeness (QED) is 0.631. The lowest BCUT2D eigenvalue weighted by Crippen LogP contribution is -2.24. The van der Waals surface area contributed by atoms with Crippen LogP contribution >= 0.6 is 11.6 Å². The highest BCUT2D eigenvalue weighted by molar-refractivity contribution is 6.30. The van der Waals surface area contributed by atoms with Crippen LogP contribution in [0.5, 0.6) is 0 Å². The fourth-order valence-electron chi connectivity index (χ4n) is 2.60. The second-order valence-corrected chi connectivity index (χ2v) is 7.96. The first-order valence-corrected chi connectivity index (χ1v) is 9.42. The van der Waals surface area contributed by atoms with Crippen LogP contribution in [0.3, 0.4) is 0 Å². The van der Waals surface area contributed by atoms with Crippen LogP contribution < -0.4 is 10.6 Å². The molecule has 144 valence electrons. The maximum absolute atomic E-state index is 12.4. The molecule has 0 bridgehead atoms. The van der Waals surface area contributed by atoms with Crippen LogP contribution in [-0.2, 0) is 12.0 Å². The molecule has 0 saturated carbocycles. The van der Waals surface area contributed by atoms with Gasteiger partial charge in [-0.05, 0) is 46.9 Å². The van der Waals surface area contributed by atoms with E-state index in [0.717, 1.165) is 11.3 Å². The summed E-state index contributed by atoms with van der Waals surface area (Å²) in [6, 6.07) is 17.0. The Morgan fingerprint density at radius 3 is 2.32 bits per heavy atom. The van der Waals surface area contributed by atoms with Crippen molar-refractivity contribution in [2.75, 3.05) is 5.32 Å². The van der Waals surface area contributed by atoms with Crippen LogP contribution in [0.2, 0.25) is 5.02 Å². The van der Waals surface area contributed by atoms with E-state index < -0.39 is 0 Å². The SMILES string of the molecule is CC(C)(C)c1ccc(Nc2nccc(C(=O)NCc3ccc(Cl)cc3)n2)cc1. The molecule has 0 aliphatic carbocycles. The summed E-state index contributed by atoms with van der Waals surface area (Å²) >= 11 is 5.87. The van der Waals surface area contributed by atoms with Gasteiger partial charge in [-0.2, -0.15) is 0 Å². The summed E-state index contributed by atoms with van der Waals surface area (Å²) < 4.78 is 0. The van der Waals surface area contributed by atoms with Gasteiger partial charge in [-0.25, -0.2) is 9.97 Å². The number of amides is 1. The Hall–Kier alpha value is -2.92. The number of benzene rings is 2. The van der Waals surface area contributed by atoms with Gasteiger partial charge in [0.2, 0.25) is 5.95 Å². The first-order chi connectivity index (χ1) is 13.3. The lowest BCUT2D eigenvalue weighted by atomic mass is 9.87. The van der Waals surface area contributed by atoms with Gasteiger partial charge in [-0.15, -0.1) is 0 Å². The monoisotopic (exact) mass is 394 g/mol. The van der Waals surface area contributed by atoms with E-state index in [1.54, 1.807) is 24.4 Å².